The fourth-order valence-electron chi connectivity index (χ4n) is 2.99. The highest BCUT2D eigenvalue weighted by molar-refractivity contribution is 6.05. The first-order chi connectivity index (χ1) is 13.0. The van der Waals surface area contributed by atoms with E-state index in [1.807, 2.05) is 0 Å². The molecule has 27 heavy (non-hydrogen) atoms. The molecule has 1 aliphatic carbocycles. The van der Waals surface area contributed by atoms with Crippen LogP contribution in [0.2, 0.25) is 0 Å². The van der Waals surface area contributed by atoms with Crippen molar-refractivity contribution >= 4 is 29.2 Å². The summed E-state index contributed by atoms with van der Waals surface area (Å²) in [7, 11) is 0. The predicted molar refractivity (Wildman–Crippen MR) is 103 cm³/mol. The fraction of sp³-hybridized carbons (Fsp3) is 0.500. The molecule has 7 heteroatoms. The van der Waals surface area contributed by atoms with Crippen molar-refractivity contribution < 1.29 is 19.1 Å². The first-order valence-electron chi connectivity index (χ1n) is 9.39. The molecule has 0 spiro atoms. The van der Waals surface area contributed by atoms with Crippen LogP contribution in [0.4, 0.5) is 5.69 Å². The monoisotopic (exact) mass is 373 g/mol. The summed E-state index contributed by atoms with van der Waals surface area (Å²) >= 11 is 0. The number of carbonyl (C=O) groups excluding carboxylic acids is 3. The third-order valence-electron chi connectivity index (χ3n) is 4.43. The predicted octanol–water partition coefficient (Wildman–Crippen LogP) is 3.26. The van der Waals surface area contributed by atoms with Crippen molar-refractivity contribution in [2.45, 2.75) is 52.4 Å². The van der Waals surface area contributed by atoms with Crippen LogP contribution in [0.3, 0.4) is 0 Å². The number of hydrogen-bond donors (Lipinski definition) is 2. The molecular formula is C20H27N3O4. The van der Waals surface area contributed by atoms with Crippen molar-refractivity contribution in [3.63, 3.8) is 0 Å². The number of ether oxygens (including phenoxy) is 1. The maximum atomic E-state index is 12.1. The third kappa shape index (κ3) is 6.84. The Morgan fingerprint density at radius 3 is 2.41 bits per heavy atom. The Hall–Kier alpha value is -2.70. The summed E-state index contributed by atoms with van der Waals surface area (Å²) in [5.74, 6) is -0.676. The van der Waals surface area contributed by atoms with Gasteiger partial charge in [0.05, 0.1) is 18.6 Å². The van der Waals surface area contributed by atoms with Crippen molar-refractivity contribution in [1.82, 2.24) is 5.43 Å². The van der Waals surface area contributed by atoms with Gasteiger partial charge in [0.25, 0.3) is 0 Å². The van der Waals surface area contributed by atoms with E-state index >= 15 is 0 Å². The molecular weight excluding hydrogens is 346 g/mol. The summed E-state index contributed by atoms with van der Waals surface area (Å²) in [5.41, 5.74) is 4.10. The van der Waals surface area contributed by atoms with E-state index < -0.39 is 5.97 Å². The minimum Gasteiger partial charge on any atom is -0.462 e. The van der Waals surface area contributed by atoms with Crippen molar-refractivity contribution in [2.75, 3.05) is 11.9 Å². The maximum Gasteiger partial charge on any atom is 0.338 e. The van der Waals surface area contributed by atoms with Gasteiger partial charge in [-0.05, 0) is 51.0 Å². The Bertz CT molecular complexity index is 692. The molecule has 7 nitrogen and oxygen atoms in total. The summed E-state index contributed by atoms with van der Waals surface area (Å²) < 4.78 is 4.91. The van der Waals surface area contributed by atoms with Crippen LogP contribution in [-0.4, -0.2) is 30.1 Å². The van der Waals surface area contributed by atoms with Crippen LogP contribution in [0.15, 0.2) is 29.4 Å². The van der Waals surface area contributed by atoms with Gasteiger partial charge in [-0.1, -0.05) is 19.3 Å². The van der Waals surface area contributed by atoms with E-state index in [2.05, 4.69) is 15.8 Å². The normalized spacial score (nSPS) is 15.1. The molecule has 1 aromatic rings. The molecule has 0 heterocycles. The van der Waals surface area contributed by atoms with Crippen LogP contribution >= 0.6 is 0 Å². The molecule has 0 aromatic heterocycles. The first-order valence-corrected chi connectivity index (χ1v) is 9.39. The summed E-state index contributed by atoms with van der Waals surface area (Å²) in [6.45, 7) is 3.76. The smallest absolute Gasteiger partial charge is 0.338 e. The van der Waals surface area contributed by atoms with Crippen LogP contribution in [0.1, 0.15) is 62.7 Å². The molecule has 0 aliphatic heterocycles. The van der Waals surface area contributed by atoms with Crippen LogP contribution in [0, 0.1) is 5.92 Å². The molecule has 0 bridgehead atoms. The molecule has 2 N–H and O–H groups in total. The van der Waals surface area contributed by atoms with Crippen molar-refractivity contribution in [2.24, 2.45) is 11.0 Å². The number of rotatable bonds is 7. The molecule has 1 aliphatic rings. The zero-order valence-electron chi connectivity index (χ0n) is 15.9. The van der Waals surface area contributed by atoms with E-state index in [-0.39, 0.29) is 24.2 Å². The van der Waals surface area contributed by atoms with Gasteiger partial charge in [-0.3, -0.25) is 9.59 Å². The van der Waals surface area contributed by atoms with Crippen molar-refractivity contribution in [1.29, 1.82) is 0 Å². The van der Waals surface area contributed by atoms with Gasteiger partial charge in [0, 0.05) is 17.3 Å². The molecule has 2 rings (SSSR count). The lowest BCUT2D eigenvalue weighted by atomic mass is 9.89. The highest BCUT2D eigenvalue weighted by Gasteiger charge is 2.20. The Kier molecular flexibility index (Phi) is 7.98. The largest absolute Gasteiger partial charge is 0.462 e. The van der Waals surface area contributed by atoms with Gasteiger partial charge < -0.3 is 10.1 Å². The van der Waals surface area contributed by atoms with Gasteiger partial charge in [-0.2, -0.15) is 5.10 Å². The third-order valence-corrected chi connectivity index (χ3v) is 4.43. The quantitative estimate of drug-likeness (QED) is 0.435. The second-order valence-corrected chi connectivity index (χ2v) is 6.68. The minimum absolute atomic E-state index is 0.0297. The highest BCUT2D eigenvalue weighted by Crippen LogP contribution is 2.23. The zero-order valence-corrected chi connectivity index (χ0v) is 15.9. The number of nitrogens with zero attached hydrogens (tertiary/aromatic N) is 1. The van der Waals surface area contributed by atoms with E-state index in [9.17, 15) is 14.4 Å². The number of benzene rings is 1. The Morgan fingerprint density at radius 1 is 1.11 bits per heavy atom. The number of carbonyl (C=O) groups is 3. The Labute approximate surface area is 159 Å². The van der Waals surface area contributed by atoms with E-state index in [0.29, 0.717) is 23.6 Å². The van der Waals surface area contributed by atoms with Crippen molar-refractivity contribution in [3.8, 4) is 0 Å². The lowest BCUT2D eigenvalue weighted by molar-refractivity contribution is -0.126. The molecule has 2 amide bonds. The number of amides is 2. The second-order valence-electron chi connectivity index (χ2n) is 6.68. The van der Waals surface area contributed by atoms with E-state index in [4.69, 9.17) is 4.74 Å². The Morgan fingerprint density at radius 2 is 1.78 bits per heavy atom. The zero-order chi connectivity index (χ0) is 19.6. The van der Waals surface area contributed by atoms with Gasteiger partial charge in [-0.25, -0.2) is 10.2 Å². The van der Waals surface area contributed by atoms with Gasteiger partial charge in [0.15, 0.2) is 0 Å². The topological polar surface area (TPSA) is 96.9 Å². The summed E-state index contributed by atoms with van der Waals surface area (Å²) in [4.78, 5) is 35.8. The van der Waals surface area contributed by atoms with Gasteiger partial charge in [0.2, 0.25) is 11.8 Å². The molecule has 1 aromatic carbocycles. The van der Waals surface area contributed by atoms with Crippen LogP contribution in [-0.2, 0) is 14.3 Å². The number of esters is 1. The highest BCUT2D eigenvalue weighted by atomic mass is 16.5. The SMILES string of the molecule is CCOC(=O)c1ccc(NC(=O)C/C(C)=N/NC(=O)C2CCCCC2)cc1. The minimum atomic E-state index is -0.396. The van der Waals surface area contributed by atoms with E-state index in [0.717, 1.165) is 25.7 Å². The number of nitrogens with one attached hydrogen (secondary N) is 2. The number of anilines is 1. The fourth-order valence-corrected chi connectivity index (χ4v) is 2.99. The van der Waals surface area contributed by atoms with Gasteiger partial charge in [-0.15, -0.1) is 0 Å². The first kappa shape index (κ1) is 20.6. The van der Waals surface area contributed by atoms with Gasteiger partial charge >= 0.3 is 5.97 Å². The average molecular weight is 373 g/mol. The molecule has 0 radical (unpaired) electrons. The maximum absolute atomic E-state index is 12.1. The second kappa shape index (κ2) is 10.4. The van der Waals surface area contributed by atoms with Crippen LogP contribution in [0.25, 0.3) is 0 Å². The molecule has 0 unspecified atom stereocenters. The van der Waals surface area contributed by atoms with Crippen LogP contribution < -0.4 is 10.7 Å². The summed E-state index contributed by atoms with van der Waals surface area (Å²) in [5, 5.41) is 6.77. The standard InChI is InChI=1S/C20H27N3O4/c1-3-27-20(26)16-9-11-17(12-10-16)21-18(24)13-14(2)22-23-19(25)15-7-5-4-6-8-15/h9-12,15H,3-8,13H2,1-2H3,(H,21,24)(H,23,25)/b22-14+. The molecule has 0 atom stereocenters. The lowest BCUT2D eigenvalue weighted by Crippen LogP contribution is -2.29. The molecule has 0 saturated heterocycles. The number of hydrogen-bond acceptors (Lipinski definition) is 5. The summed E-state index contributed by atoms with van der Waals surface area (Å²) in [6, 6.07) is 6.47. The average Bonchev–Trinajstić information content (AvgIpc) is 2.67. The van der Waals surface area contributed by atoms with Crippen LogP contribution in [0.5, 0.6) is 0 Å². The van der Waals surface area contributed by atoms with E-state index in [1.165, 1.54) is 6.42 Å². The summed E-state index contributed by atoms with van der Waals surface area (Å²) in [6.07, 6.45) is 5.24. The molecule has 1 fully saturated rings. The molecule has 1 saturated carbocycles. The van der Waals surface area contributed by atoms with E-state index in [1.54, 1.807) is 38.1 Å². The Balaban J connectivity index is 1.80. The lowest BCUT2D eigenvalue weighted by Gasteiger charge is -2.19. The van der Waals surface area contributed by atoms with Gasteiger partial charge in [0.1, 0.15) is 0 Å². The van der Waals surface area contributed by atoms with Crippen molar-refractivity contribution in [3.05, 3.63) is 29.8 Å². The molecule has 146 valence electrons. The number of hydrazone groups is 1.